The van der Waals surface area contributed by atoms with Crippen molar-refractivity contribution in [2.75, 3.05) is 0 Å². The largest absolute Gasteiger partial charge is 0.200 e. The first-order valence-corrected chi connectivity index (χ1v) is 5.08. The van der Waals surface area contributed by atoms with Gasteiger partial charge < -0.3 is 0 Å². The molecule has 0 fully saturated rings. The number of hydrogen-bond donors (Lipinski definition) is 0. The van der Waals surface area contributed by atoms with Gasteiger partial charge in [-0.1, -0.05) is 30.3 Å². The molecule has 2 aromatic heterocycles. The van der Waals surface area contributed by atoms with Crippen LogP contribution in [0.5, 0.6) is 0 Å². The van der Waals surface area contributed by atoms with Crippen molar-refractivity contribution in [3.8, 4) is 11.3 Å². The summed E-state index contributed by atoms with van der Waals surface area (Å²) in [4.78, 5) is 0. The maximum atomic E-state index is 4.50. The molecular weight excluding hydrogens is 200 g/mol. The summed E-state index contributed by atoms with van der Waals surface area (Å²) < 4.78 is 1.69. The molecular formula is C12H10N4. The van der Waals surface area contributed by atoms with Crippen LogP contribution in [0.2, 0.25) is 0 Å². The fraction of sp³-hybridized carbons (Fsp3) is 0.0833. The first-order valence-electron chi connectivity index (χ1n) is 5.08. The number of aromatic nitrogens is 4. The minimum Gasteiger partial charge on any atom is -0.200 e. The van der Waals surface area contributed by atoms with Crippen molar-refractivity contribution in [1.82, 2.24) is 19.8 Å². The van der Waals surface area contributed by atoms with E-state index in [-0.39, 0.29) is 0 Å². The van der Waals surface area contributed by atoms with E-state index in [1.807, 2.05) is 43.3 Å². The Morgan fingerprint density at radius 3 is 2.75 bits per heavy atom. The maximum Gasteiger partial charge on any atom is 0.177 e. The second-order valence-electron chi connectivity index (χ2n) is 3.68. The Kier molecular flexibility index (Phi) is 1.93. The highest BCUT2D eigenvalue weighted by Crippen LogP contribution is 2.20. The van der Waals surface area contributed by atoms with Crippen LogP contribution in [-0.4, -0.2) is 19.8 Å². The molecule has 0 bridgehead atoms. The third-order valence-electron chi connectivity index (χ3n) is 2.53. The van der Waals surface area contributed by atoms with Crippen molar-refractivity contribution in [2.45, 2.75) is 6.92 Å². The molecule has 0 aliphatic carbocycles. The molecule has 4 heteroatoms. The molecule has 78 valence electrons. The van der Waals surface area contributed by atoms with Crippen LogP contribution in [-0.2, 0) is 0 Å². The molecule has 0 aliphatic heterocycles. The first kappa shape index (κ1) is 9.03. The summed E-state index contributed by atoms with van der Waals surface area (Å²) in [6, 6.07) is 12.1. The Labute approximate surface area is 92.6 Å². The lowest BCUT2D eigenvalue weighted by Gasteiger charge is -2.04. The van der Waals surface area contributed by atoms with E-state index in [4.69, 9.17) is 0 Å². The molecule has 0 aliphatic rings. The Balaban J connectivity index is 2.27. The zero-order chi connectivity index (χ0) is 11.0. The van der Waals surface area contributed by atoms with Gasteiger partial charge in [0.15, 0.2) is 5.65 Å². The molecule has 2 heterocycles. The van der Waals surface area contributed by atoms with Crippen molar-refractivity contribution in [3.63, 3.8) is 0 Å². The number of hydrogen-bond acceptors (Lipinski definition) is 3. The quantitative estimate of drug-likeness (QED) is 0.617. The Morgan fingerprint density at radius 2 is 1.94 bits per heavy atom. The summed E-state index contributed by atoms with van der Waals surface area (Å²) >= 11 is 0. The van der Waals surface area contributed by atoms with Crippen LogP contribution in [0.1, 0.15) is 5.56 Å². The molecule has 0 unspecified atom stereocenters. The summed E-state index contributed by atoms with van der Waals surface area (Å²) in [6.45, 7) is 2.03. The van der Waals surface area contributed by atoms with Crippen molar-refractivity contribution >= 4 is 5.65 Å². The second kappa shape index (κ2) is 3.41. The summed E-state index contributed by atoms with van der Waals surface area (Å²) in [6.07, 6.45) is 1.61. The lowest BCUT2D eigenvalue weighted by molar-refractivity contribution is 0.925. The van der Waals surface area contributed by atoms with Gasteiger partial charge in [0.1, 0.15) is 6.33 Å². The number of nitrogens with zero attached hydrogens (tertiary/aromatic N) is 4. The van der Waals surface area contributed by atoms with E-state index in [1.165, 1.54) is 0 Å². The average Bonchev–Trinajstić information content (AvgIpc) is 2.76. The molecule has 16 heavy (non-hydrogen) atoms. The highest BCUT2D eigenvalue weighted by molar-refractivity contribution is 5.64. The van der Waals surface area contributed by atoms with E-state index >= 15 is 0 Å². The minimum atomic E-state index is 0.775. The van der Waals surface area contributed by atoms with E-state index in [1.54, 1.807) is 10.8 Å². The van der Waals surface area contributed by atoms with Crippen LogP contribution in [0, 0.1) is 6.92 Å². The Morgan fingerprint density at radius 1 is 1.12 bits per heavy atom. The molecule has 0 atom stereocenters. The van der Waals surface area contributed by atoms with Gasteiger partial charge in [0, 0.05) is 5.56 Å². The monoisotopic (exact) mass is 210 g/mol. The second-order valence-corrected chi connectivity index (χ2v) is 3.68. The van der Waals surface area contributed by atoms with Gasteiger partial charge in [0.2, 0.25) is 0 Å². The normalized spacial score (nSPS) is 10.8. The van der Waals surface area contributed by atoms with Crippen molar-refractivity contribution in [3.05, 3.63) is 48.3 Å². The minimum absolute atomic E-state index is 0.775. The first-order chi connectivity index (χ1) is 7.84. The van der Waals surface area contributed by atoms with E-state index in [0.717, 1.165) is 22.5 Å². The lowest BCUT2D eigenvalue weighted by Crippen LogP contribution is -1.96. The van der Waals surface area contributed by atoms with Crippen molar-refractivity contribution < 1.29 is 0 Å². The highest BCUT2D eigenvalue weighted by Gasteiger charge is 2.06. The van der Waals surface area contributed by atoms with Gasteiger partial charge in [0.25, 0.3) is 0 Å². The predicted octanol–water partition coefficient (Wildman–Crippen LogP) is 2.10. The van der Waals surface area contributed by atoms with Gasteiger partial charge in [-0.05, 0) is 18.6 Å². The summed E-state index contributed by atoms with van der Waals surface area (Å²) in [5.74, 6) is 0. The van der Waals surface area contributed by atoms with Gasteiger partial charge in [-0.2, -0.15) is 9.61 Å². The van der Waals surface area contributed by atoms with Gasteiger partial charge >= 0.3 is 0 Å². The van der Waals surface area contributed by atoms with Crippen LogP contribution < -0.4 is 0 Å². The van der Waals surface area contributed by atoms with Crippen molar-refractivity contribution in [1.29, 1.82) is 0 Å². The molecule has 0 spiro atoms. The molecule has 0 saturated heterocycles. The molecule has 3 rings (SSSR count). The van der Waals surface area contributed by atoms with Gasteiger partial charge in [0.05, 0.1) is 5.69 Å². The smallest absolute Gasteiger partial charge is 0.177 e. The molecule has 0 amide bonds. The topological polar surface area (TPSA) is 43.1 Å². The molecule has 4 nitrogen and oxygen atoms in total. The van der Waals surface area contributed by atoms with E-state index in [2.05, 4.69) is 15.3 Å². The van der Waals surface area contributed by atoms with Crippen molar-refractivity contribution in [2.24, 2.45) is 0 Å². The van der Waals surface area contributed by atoms with Crippen LogP contribution in [0.4, 0.5) is 0 Å². The number of fused-ring (bicyclic) bond motifs is 1. The van der Waals surface area contributed by atoms with Crippen LogP contribution >= 0.6 is 0 Å². The fourth-order valence-electron chi connectivity index (χ4n) is 1.74. The molecule has 0 saturated carbocycles. The van der Waals surface area contributed by atoms with Crippen LogP contribution in [0.25, 0.3) is 16.9 Å². The number of rotatable bonds is 1. The Bertz CT molecular complexity index is 628. The number of benzene rings is 1. The molecule has 3 aromatic rings. The molecule has 1 aromatic carbocycles. The average molecular weight is 210 g/mol. The zero-order valence-electron chi connectivity index (χ0n) is 8.83. The fourth-order valence-corrected chi connectivity index (χ4v) is 1.74. The lowest BCUT2D eigenvalue weighted by atomic mass is 10.1. The SMILES string of the molecule is Cc1cc2nncn2nc1-c1ccccc1. The predicted molar refractivity (Wildman–Crippen MR) is 61.0 cm³/mol. The van der Waals surface area contributed by atoms with E-state index < -0.39 is 0 Å². The third kappa shape index (κ3) is 1.35. The molecule has 0 N–H and O–H groups in total. The van der Waals surface area contributed by atoms with E-state index in [9.17, 15) is 0 Å². The van der Waals surface area contributed by atoms with Gasteiger partial charge in [-0.25, -0.2) is 0 Å². The summed E-state index contributed by atoms with van der Waals surface area (Å²) in [5, 5.41) is 12.3. The maximum absolute atomic E-state index is 4.50. The van der Waals surface area contributed by atoms with Gasteiger partial charge in [-0.3, -0.25) is 0 Å². The van der Waals surface area contributed by atoms with Gasteiger partial charge in [-0.15, -0.1) is 10.2 Å². The summed E-state index contributed by atoms with van der Waals surface area (Å²) in [7, 11) is 0. The number of aryl methyl sites for hydroxylation is 1. The third-order valence-corrected chi connectivity index (χ3v) is 2.53. The zero-order valence-corrected chi connectivity index (χ0v) is 8.83. The van der Waals surface area contributed by atoms with Crippen LogP contribution in [0.15, 0.2) is 42.7 Å². The highest BCUT2D eigenvalue weighted by atomic mass is 15.3. The standard InChI is InChI=1S/C12H10N4/c1-9-7-11-14-13-8-16(11)15-12(9)10-5-3-2-4-6-10/h2-8H,1H3. The molecule has 0 radical (unpaired) electrons. The Hall–Kier alpha value is -2.23. The van der Waals surface area contributed by atoms with E-state index in [0.29, 0.717) is 0 Å². The summed E-state index contributed by atoms with van der Waals surface area (Å²) in [5.41, 5.74) is 3.95. The van der Waals surface area contributed by atoms with Crippen LogP contribution in [0.3, 0.4) is 0 Å².